The number of aliphatic hydroxyl groups is 1. The first kappa shape index (κ1) is 11.8. The summed E-state index contributed by atoms with van der Waals surface area (Å²) in [7, 11) is 0. The summed E-state index contributed by atoms with van der Waals surface area (Å²) in [5.74, 6) is -0.257. The zero-order chi connectivity index (χ0) is 9.61. The van der Waals surface area contributed by atoms with Crippen LogP contribution in [0.4, 0.5) is 13.2 Å². The quantitative estimate of drug-likeness (QED) is 0.668. The minimum atomic E-state index is -1.51. The normalized spacial score (nSPS) is 14.8. The summed E-state index contributed by atoms with van der Waals surface area (Å²) in [6, 6.07) is 0. The van der Waals surface area contributed by atoms with Crippen molar-refractivity contribution < 1.29 is 18.3 Å². The fraction of sp³-hybridized carbons (Fsp3) is 1.00. The molecule has 0 spiro atoms. The monoisotopic (exact) mass is 184 g/mol. The van der Waals surface area contributed by atoms with Crippen molar-refractivity contribution >= 4 is 0 Å². The van der Waals surface area contributed by atoms with Crippen LogP contribution in [0.2, 0.25) is 0 Å². The van der Waals surface area contributed by atoms with Gasteiger partial charge in [0, 0.05) is 6.61 Å². The van der Waals surface area contributed by atoms with Gasteiger partial charge in [-0.05, 0) is 12.3 Å². The molecule has 0 rings (SSSR count). The number of halogens is 3. The molecule has 0 aromatic rings. The van der Waals surface area contributed by atoms with Crippen LogP contribution in [0, 0.1) is 11.3 Å². The van der Waals surface area contributed by atoms with Gasteiger partial charge in [-0.2, -0.15) is 0 Å². The van der Waals surface area contributed by atoms with Gasteiger partial charge in [0.05, 0.1) is 5.41 Å². The van der Waals surface area contributed by atoms with Crippen molar-refractivity contribution in [1.29, 1.82) is 0 Å². The van der Waals surface area contributed by atoms with Gasteiger partial charge in [-0.3, -0.25) is 13.2 Å². The molecule has 0 aromatic heterocycles. The highest BCUT2D eigenvalue weighted by Crippen LogP contribution is 2.28. The second kappa shape index (κ2) is 5.41. The molecule has 0 radical (unpaired) electrons. The van der Waals surface area contributed by atoms with Crippen LogP contribution in [0.15, 0.2) is 0 Å². The molecule has 1 nitrogen and oxygen atoms in total. The van der Waals surface area contributed by atoms with Crippen LogP contribution in [-0.2, 0) is 0 Å². The Balaban J connectivity index is 4.09. The zero-order valence-electron chi connectivity index (χ0n) is 7.19. The van der Waals surface area contributed by atoms with Crippen LogP contribution in [0.1, 0.15) is 13.3 Å². The van der Waals surface area contributed by atoms with Crippen molar-refractivity contribution in [3.05, 3.63) is 0 Å². The van der Waals surface area contributed by atoms with Crippen molar-refractivity contribution in [1.82, 2.24) is 0 Å². The molecule has 0 aromatic carbocycles. The average molecular weight is 184 g/mol. The lowest BCUT2D eigenvalue weighted by molar-refractivity contribution is 0.0705. The Morgan fingerprint density at radius 2 is 1.58 bits per heavy atom. The van der Waals surface area contributed by atoms with E-state index in [9.17, 15) is 13.2 Å². The van der Waals surface area contributed by atoms with Crippen molar-refractivity contribution in [3.8, 4) is 0 Å². The summed E-state index contributed by atoms with van der Waals surface area (Å²) in [4.78, 5) is 0. The van der Waals surface area contributed by atoms with Crippen LogP contribution >= 0.6 is 0 Å². The molecule has 0 aliphatic rings. The fourth-order valence-electron chi connectivity index (χ4n) is 1.07. The first-order chi connectivity index (χ1) is 5.64. The summed E-state index contributed by atoms with van der Waals surface area (Å²) in [6.07, 6.45) is 0.0486. The molecule has 12 heavy (non-hydrogen) atoms. The molecule has 0 saturated carbocycles. The first-order valence-corrected chi connectivity index (χ1v) is 3.93. The molecule has 0 fully saturated rings. The van der Waals surface area contributed by atoms with Gasteiger partial charge < -0.3 is 5.11 Å². The van der Waals surface area contributed by atoms with Crippen LogP contribution in [-0.4, -0.2) is 31.7 Å². The van der Waals surface area contributed by atoms with E-state index in [0.29, 0.717) is 0 Å². The van der Waals surface area contributed by atoms with Crippen molar-refractivity contribution in [2.45, 2.75) is 13.3 Å². The molecule has 0 heterocycles. The van der Waals surface area contributed by atoms with Crippen LogP contribution in [0.25, 0.3) is 0 Å². The average Bonchev–Trinajstić information content (AvgIpc) is 2.14. The predicted octanol–water partition coefficient (Wildman–Crippen LogP) is 1.90. The number of alkyl halides is 3. The van der Waals surface area contributed by atoms with Gasteiger partial charge in [-0.25, -0.2) is 0 Å². The lowest BCUT2D eigenvalue weighted by Crippen LogP contribution is -2.31. The van der Waals surface area contributed by atoms with Gasteiger partial charge in [0.15, 0.2) is 0 Å². The third kappa shape index (κ3) is 3.01. The van der Waals surface area contributed by atoms with E-state index in [1.807, 2.05) is 0 Å². The number of hydrogen-bond acceptors (Lipinski definition) is 1. The van der Waals surface area contributed by atoms with Crippen molar-refractivity contribution in [3.63, 3.8) is 0 Å². The highest BCUT2D eigenvalue weighted by Gasteiger charge is 2.32. The zero-order valence-corrected chi connectivity index (χ0v) is 7.19. The Hall–Kier alpha value is -0.250. The van der Waals surface area contributed by atoms with E-state index in [1.165, 1.54) is 0 Å². The standard InChI is InChI=1S/C8H15F3O/c1-7(3-12)2-8(4-9,5-10)6-11/h7,12H,2-6H2,1H3. The lowest BCUT2D eigenvalue weighted by atomic mass is 9.83. The Morgan fingerprint density at radius 1 is 1.17 bits per heavy atom. The molecule has 0 bridgehead atoms. The fourth-order valence-corrected chi connectivity index (χ4v) is 1.07. The minimum absolute atomic E-state index is 0.0486. The Kier molecular flexibility index (Phi) is 5.29. The topological polar surface area (TPSA) is 20.2 Å². The second-order valence-corrected chi connectivity index (χ2v) is 3.39. The summed E-state index contributed by atoms with van der Waals surface area (Å²) >= 11 is 0. The molecule has 0 amide bonds. The Morgan fingerprint density at radius 3 is 1.83 bits per heavy atom. The van der Waals surface area contributed by atoms with Crippen LogP contribution in [0.3, 0.4) is 0 Å². The number of rotatable bonds is 6. The Bertz CT molecular complexity index is 107. The van der Waals surface area contributed by atoms with Gasteiger partial charge in [0.1, 0.15) is 20.0 Å². The molecular formula is C8H15F3O. The van der Waals surface area contributed by atoms with E-state index in [0.717, 1.165) is 0 Å². The van der Waals surface area contributed by atoms with E-state index in [2.05, 4.69) is 0 Å². The molecule has 0 aliphatic heterocycles. The van der Waals surface area contributed by atoms with Gasteiger partial charge in [0.2, 0.25) is 0 Å². The SMILES string of the molecule is CC(CO)CC(CF)(CF)CF. The predicted molar refractivity (Wildman–Crippen MR) is 41.2 cm³/mol. The molecule has 1 N–H and O–H groups in total. The third-order valence-corrected chi connectivity index (χ3v) is 1.94. The maximum Gasteiger partial charge on any atom is 0.100 e. The molecule has 74 valence electrons. The van der Waals surface area contributed by atoms with E-state index < -0.39 is 25.4 Å². The molecule has 0 aliphatic carbocycles. The second-order valence-electron chi connectivity index (χ2n) is 3.39. The summed E-state index contributed by atoms with van der Waals surface area (Å²) in [6.45, 7) is -1.56. The summed E-state index contributed by atoms with van der Waals surface area (Å²) < 4.78 is 36.7. The van der Waals surface area contributed by atoms with Crippen molar-refractivity contribution in [2.24, 2.45) is 11.3 Å². The highest BCUT2D eigenvalue weighted by atomic mass is 19.1. The minimum Gasteiger partial charge on any atom is -0.396 e. The molecule has 4 heteroatoms. The lowest BCUT2D eigenvalue weighted by Gasteiger charge is -2.26. The van der Waals surface area contributed by atoms with Crippen LogP contribution in [0.5, 0.6) is 0 Å². The summed E-state index contributed by atoms with van der Waals surface area (Å²) in [5, 5.41) is 8.62. The largest absolute Gasteiger partial charge is 0.396 e. The first-order valence-electron chi connectivity index (χ1n) is 3.93. The number of hydrogen-bond donors (Lipinski definition) is 1. The van der Waals surface area contributed by atoms with E-state index in [1.54, 1.807) is 6.92 Å². The van der Waals surface area contributed by atoms with Gasteiger partial charge in [-0.15, -0.1) is 0 Å². The third-order valence-electron chi connectivity index (χ3n) is 1.94. The maximum absolute atomic E-state index is 12.2. The summed E-state index contributed by atoms with van der Waals surface area (Å²) in [5.41, 5.74) is -1.51. The van der Waals surface area contributed by atoms with Gasteiger partial charge in [-0.1, -0.05) is 6.92 Å². The molecule has 1 unspecified atom stereocenters. The molecule has 1 atom stereocenters. The smallest absolute Gasteiger partial charge is 0.100 e. The molecular weight excluding hydrogens is 169 g/mol. The van der Waals surface area contributed by atoms with Gasteiger partial charge >= 0.3 is 0 Å². The maximum atomic E-state index is 12.2. The Labute approximate surface area is 70.6 Å². The van der Waals surface area contributed by atoms with Crippen molar-refractivity contribution in [2.75, 3.05) is 26.6 Å². The van der Waals surface area contributed by atoms with E-state index >= 15 is 0 Å². The van der Waals surface area contributed by atoms with Crippen LogP contribution < -0.4 is 0 Å². The highest BCUT2D eigenvalue weighted by molar-refractivity contribution is 4.79. The molecule has 0 saturated heterocycles. The van der Waals surface area contributed by atoms with E-state index in [-0.39, 0.29) is 18.9 Å². The number of aliphatic hydroxyl groups excluding tert-OH is 1. The van der Waals surface area contributed by atoms with Gasteiger partial charge in [0.25, 0.3) is 0 Å². The van der Waals surface area contributed by atoms with E-state index in [4.69, 9.17) is 5.11 Å².